The molecule has 2 heterocycles. The van der Waals surface area contributed by atoms with E-state index in [0.29, 0.717) is 10.7 Å². The van der Waals surface area contributed by atoms with Gasteiger partial charge in [-0.1, -0.05) is 17.7 Å². The van der Waals surface area contributed by atoms with Gasteiger partial charge in [0.2, 0.25) is 5.91 Å². The number of pyridine rings is 1. The Bertz CT molecular complexity index is 772. The summed E-state index contributed by atoms with van der Waals surface area (Å²) in [5.41, 5.74) is 0.965. The van der Waals surface area contributed by atoms with Gasteiger partial charge in [0.05, 0.1) is 5.56 Å². The van der Waals surface area contributed by atoms with Crippen LogP contribution in [-0.4, -0.2) is 34.2 Å². The molecule has 0 radical (unpaired) electrons. The molecule has 0 aliphatic carbocycles. The second-order valence-corrected chi connectivity index (χ2v) is 5.41. The minimum absolute atomic E-state index is 0.000422. The highest BCUT2D eigenvalue weighted by Gasteiger charge is 2.36. The third kappa shape index (κ3) is 3.07. The van der Waals surface area contributed by atoms with Gasteiger partial charge in [-0.25, -0.2) is 0 Å². The molecule has 1 aromatic carbocycles. The molecule has 0 atom stereocenters. The molecule has 1 aliphatic rings. The second kappa shape index (κ2) is 6.18. The molecule has 1 N–H and O–H groups in total. The number of amides is 3. The molecule has 6 nitrogen and oxygen atoms in total. The zero-order valence-electron chi connectivity index (χ0n) is 12.0. The summed E-state index contributed by atoms with van der Waals surface area (Å²) in [6.07, 6.45) is 1.46. The van der Waals surface area contributed by atoms with E-state index in [4.69, 9.17) is 11.6 Å². The molecule has 0 unspecified atom stereocenters. The Balaban J connectivity index is 1.62. The molecule has 0 saturated carbocycles. The van der Waals surface area contributed by atoms with E-state index in [2.05, 4.69) is 10.3 Å². The summed E-state index contributed by atoms with van der Waals surface area (Å²) in [6.45, 7) is 0.000422. The van der Waals surface area contributed by atoms with Crippen LogP contribution in [0.2, 0.25) is 5.02 Å². The molecule has 7 heteroatoms. The Hall–Kier alpha value is -2.73. The number of aromatic nitrogens is 1. The van der Waals surface area contributed by atoms with Crippen LogP contribution in [0.15, 0.2) is 42.6 Å². The zero-order valence-corrected chi connectivity index (χ0v) is 12.7. The Morgan fingerprint density at radius 2 is 2.00 bits per heavy atom. The molecule has 0 bridgehead atoms. The van der Waals surface area contributed by atoms with Crippen molar-refractivity contribution in [3.8, 4) is 0 Å². The van der Waals surface area contributed by atoms with Crippen molar-refractivity contribution in [1.29, 1.82) is 0 Å². The molecular weight excluding hydrogens is 318 g/mol. The zero-order chi connectivity index (χ0) is 16.4. The van der Waals surface area contributed by atoms with E-state index >= 15 is 0 Å². The first-order valence-electron chi connectivity index (χ1n) is 6.93. The van der Waals surface area contributed by atoms with Crippen molar-refractivity contribution in [2.24, 2.45) is 0 Å². The molecule has 0 saturated heterocycles. The molecule has 3 amide bonds. The average molecular weight is 330 g/mol. The van der Waals surface area contributed by atoms with Crippen LogP contribution in [-0.2, 0) is 4.79 Å². The van der Waals surface area contributed by atoms with Crippen LogP contribution >= 0.6 is 11.6 Å². The highest BCUT2D eigenvalue weighted by atomic mass is 35.5. The number of fused-ring (bicyclic) bond motifs is 1. The number of halogens is 1. The number of benzene rings is 1. The van der Waals surface area contributed by atoms with Crippen molar-refractivity contribution < 1.29 is 14.4 Å². The molecule has 2 aromatic rings. The van der Waals surface area contributed by atoms with Gasteiger partial charge in [0.25, 0.3) is 11.8 Å². The van der Waals surface area contributed by atoms with Gasteiger partial charge in [-0.15, -0.1) is 0 Å². The van der Waals surface area contributed by atoms with E-state index in [1.54, 1.807) is 36.4 Å². The van der Waals surface area contributed by atoms with Gasteiger partial charge < -0.3 is 5.32 Å². The van der Waals surface area contributed by atoms with E-state index < -0.39 is 11.8 Å². The number of nitrogens with one attached hydrogen (secondary N) is 1. The highest BCUT2D eigenvalue weighted by molar-refractivity contribution is 6.30. The summed E-state index contributed by atoms with van der Waals surface area (Å²) in [4.78, 5) is 41.2. The molecule has 116 valence electrons. The van der Waals surface area contributed by atoms with Crippen molar-refractivity contribution in [2.45, 2.75) is 6.42 Å². The Morgan fingerprint density at radius 1 is 1.17 bits per heavy atom. The summed E-state index contributed by atoms with van der Waals surface area (Å²) in [5, 5.41) is 3.18. The van der Waals surface area contributed by atoms with Crippen LogP contribution in [0.25, 0.3) is 0 Å². The predicted octanol–water partition coefficient (Wildman–Crippen LogP) is 2.36. The van der Waals surface area contributed by atoms with E-state index in [9.17, 15) is 14.4 Å². The van der Waals surface area contributed by atoms with Crippen LogP contribution in [0.3, 0.4) is 0 Å². The monoisotopic (exact) mass is 329 g/mol. The van der Waals surface area contributed by atoms with E-state index in [0.717, 1.165) is 4.90 Å². The van der Waals surface area contributed by atoms with Crippen molar-refractivity contribution in [3.05, 3.63) is 58.9 Å². The van der Waals surface area contributed by atoms with Gasteiger partial charge in [0.15, 0.2) is 0 Å². The largest absolute Gasteiger partial charge is 0.326 e. The van der Waals surface area contributed by atoms with Gasteiger partial charge in [-0.2, -0.15) is 0 Å². The number of carbonyl (C=O) groups excluding carboxylic acids is 3. The van der Waals surface area contributed by atoms with Crippen molar-refractivity contribution in [2.75, 3.05) is 11.9 Å². The maximum Gasteiger partial charge on any atom is 0.280 e. The first-order valence-corrected chi connectivity index (χ1v) is 7.30. The molecule has 0 fully saturated rings. The lowest BCUT2D eigenvalue weighted by Gasteiger charge is -2.13. The van der Waals surface area contributed by atoms with Gasteiger partial charge in [-0.05, 0) is 30.3 Å². The smallest absolute Gasteiger partial charge is 0.280 e. The molecule has 0 spiro atoms. The summed E-state index contributed by atoms with van der Waals surface area (Å²) < 4.78 is 0. The lowest BCUT2D eigenvalue weighted by molar-refractivity contribution is -0.116. The number of hydrogen-bond donors (Lipinski definition) is 1. The number of nitrogens with zero attached hydrogens (tertiary/aromatic N) is 2. The van der Waals surface area contributed by atoms with E-state index in [-0.39, 0.29) is 30.1 Å². The van der Waals surface area contributed by atoms with Gasteiger partial charge in [-0.3, -0.25) is 24.3 Å². The van der Waals surface area contributed by atoms with Crippen molar-refractivity contribution in [3.63, 3.8) is 0 Å². The lowest BCUT2D eigenvalue weighted by atomic mass is 10.2. The first kappa shape index (κ1) is 15.2. The number of rotatable bonds is 4. The maximum atomic E-state index is 12.1. The van der Waals surface area contributed by atoms with Crippen LogP contribution in [0.1, 0.15) is 27.3 Å². The van der Waals surface area contributed by atoms with Gasteiger partial charge in [0.1, 0.15) is 5.69 Å². The topological polar surface area (TPSA) is 79.4 Å². The summed E-state index contributed by atoms with van der Waals surface area (Å²) in [6, 6.07) is 9.88. The van der Waals surface area contributed by atoms with Crippen LogP contribution in [0, 0.1) is 0 Å². The fraction of sp³-hybridized carbons (Fsp3) is 0.125. The number of hydrogen-bond acceptors (Lipinski definition) is 4. The quantitative estimate of drug-likeness (QED) is 0.873. The predicted molar refractivity (Wildman–Crippen MR) is 84.3 cm³/mol. The Kier molecular flexibility index (Phi) is 4.08. The summed E-state index contributed by atoms with van der Waals surface area (Å²) >= 11 is 5.84. The summed E-state index contributed by atoms with van der Waals surface area (Å²) in [5.74, 6) is -1.20. The van der Waals surface area contributed by atoms with Crippen LogP contribution in [0.5, 0.6) is 0 Å². The molecular formula is C16H12ClN3O3. The first-order chi connectivity index (χ1) is 11.1. The second-order valence-electron chi connectivity index (χ2n) is 4.97. The molecule has 1 aromatic heterocycles. The lowest BCUT2D eigenvalue weighted by Crippen LogP contribution is -2.33. The third-order valence-corrected chi connectivity index (χ3v) is 3.64. The number of imide groups is 1. The van der Waals surface area contributed by atoms with Crippen LogP contribution < -0.4 is 5.32 Å². The van der Waals surface area contributed by atoms with Crippen molar-refractivity contribution in [1.82, 2.24) is 9.88 Å². The summed E-state index contributed by atoms with van der Waals surface area (Å²) in [7, 11) is 0. The van der Waals surface area contributed by atoms with Gasteiger partial charge >= 0.3 is 0 Å². The maximum absolute atomic E-state index is 12.1. The number of carbonyl (C=O) groups is 3. The Labute approximate surface area is 137 Å². The van der Waals surface area contributed by atoms with Crippen molar-refractivity contribution >= 4 is 35.0 Å². The molecule has 1 aliphatic heterocycles. The normalized spacial score (nSPS) is 13.2. The fourth-order valence-corrected chi connectivity index (χ4v) is 2.51. The highest BCUT2D eigenvalue weighted by Crippen LogP contribution is 2.20. The van der Waals surface area contributed by atoms with E-state index in [1.165, 1.54) is 6.20 Å². The minimum Gasteiger partial charge on any atom is -0.326 e. The number of anilines is 1. The molecule has 23 heavy (non-hydrogen) atoms. The standard InChI is InChI=1S/C16H12ClN3O3/c17-10-3-1-4-11(9-10)19-13(21)6-8-20-15(22)12-5-2-7-18-14(12)16(20)23/h1-5,7,9H,6,8H2,(H,19,21). The molecule has 3 rings (SSSR count). The average Bonchev–Trinajstić information content (AvgIpc) is 2.77. The Morgan fingerprint density at radius 3 is 2.74 bits per heavy atom. The third-order valence-electron chi connectivity index (χ3n) is 3.40. The van der Waals surface area contributed by atoms with Gasteiger partial charge in [0, 0.05) is 29.9 Å². The minimum atomic E-state index is -0.471. The SMILES string of the molecule is O=C(CCN1C(=O)c2cccnc2C1=O)Nc1cccc(Cl)c1. The van der Waals surface area contributed by atoms with E-state index in [1.807, 2.05) is 0 Å². The van der Waals surface area contributed by atoms with Crippen LogP contribution in [0.4, 0.5) is 5.69 Å². The fourth-order valence-electron chi connectivity index (χ4n) is 2.32.